The van der Waals surface area contributed by atoms with Gasteiger partial charge in [-0.05, 0) is 68.7 Å². The predicted octanol–water partition coefficient (Wildman–Crippen LogP) is 6.85. The molecule has 1 aromatic heterocycles. The van der Waals surface area contributed by atoms with Gasteiger partial charge in [-0.1, -0.05) is 61.0 Å². The molecule has 1 aliphatic rings. The SMILES string of the molecule is Cl.Cl.N=C(N)c1ccc(-c2nc3cc(C(=O)NCCC(=O)OC4CCCCC4)ccc3n2CCCCc2ccccc2)cc1. The Morgan fingerprint density at radius 1 is 0.932 bits per heavy atom. The maximum Gasteiger partial charge on any atom is 0.307 e. The van der Waals surface area contributed by atoms with Gasteiger partial charge in [-0.2, -0.15) is 0 Å². The van der Waals surface area contributed by atoms with Crippen LogP contribution in [0.2, 0.25) is 0 Å². The third-order valence-electron chi connectivity index (χ3n) is 7.87. The van der Waals surface area contributed by atoms with Crippen molar-refractivity contribution < 1.29 is 14.3 Å². The first-order chi connectivity index (χ1) is 20.5. The largest absolute Gasteiger partial charge is 0.462 e. The van der Waals surface area contributed by atoms with Gasteiger partial charge in [0, 0.05) is 29.8 Å². The second kappa shape index (κ2) is 16.8. The molecule has 0 radical (unpaired) electrons. The Morgan fingerprint density at radius 3 is 2.34 bits per heavy atom. The van der Waals surface area contributed by atoms with Crippen LogP contribution in [0.5, 0.6) is 0 Å². The number of aromatic nitrogens is 2. The number of hydrogen-bond acceptors (Lipinski definition) is 5. The van der Waals surface area contributed by atoms with Gasteiger partial charge in [0.25, 0.3) is 5.91 Å². The third-order valence-corrected chi connectivity index (χ3v) is 7.87. The molecule has 0 atom stereocenters. The van der Waals surface area contributed by atoms with Crippen molar-refractivity contribution in [2.45, 2.75) is 70.4 Å². The summed E-state index contributed by atoms with van der Waals surface area (Å²) in [6.45, 7) is 1.01. The zero-order valence-corrected chi connectivity index (χ0v) is 26.4. The summed E-state index contributed by atoms with van der Waals surface area (Å²) in [4.78, 5) is 30.1. The van der Waals surface area contributed by atoms with Gasteiger partial charge >= 0.3 is 5.97 Å². The number of hydrogen-bond donors (Lipinski definition) is 3. The lowest BCUT2D eigenvalue weighted by Crippen LogP contribution is -2.28. The zero-order valence-electron chi connectivity index (χ0n) is 24.8. The van der Waals surface area contributed by atoms with E-state index in [-0.39, 0.29) is 61.6 Å². The van der Waals surface area contributed by atoms with Gasteiger partial charge in [-0.25, -0.2) is 4.98 Å². The first-order valence-electron chi connectivity index (χ1n) is 14.9. The normalized spacial score (nSPS) is 13.0. The standard InChI is InChI=1S/C34H39N5O3.2ClH/c35-32(36)25-14-16-26(17-15-25)33-38-29-23-27(34(41)37-21-20-31(40)42-28-12-5-2-6-13-28)18-19-30(29)39(33)22-8-7-11-24-9-3-1-4-10-24;;/h1,3-4,9-10,14-19,23,28H,2,5-8,11-13,20-22H2,(H3,35,36)(H,37,41);2*1H. The number of benzene rings is 3. The van der Waals surface area contributed by atoms with Crippen LogP contribution in [0.25, 0.3) is 22.4 Å². The molecule has 0 spiro atoms. The molecule has 234 valence electrons. The van der Waals surface area contributed by atoms with E-state index in [1.165, 1.54) is 12.0 Å². The van der Waals surface area contributed by atoms with Gasteiger partial charge in [0.15, 0.2) is 0 Å². The molecule has 1 amide bonds. The fourth-order valence-corrected chi connectivity index (χ4v) is 5.57. The van der Waals surface area contributed by atoms with Gasteiger partial charge in [0.1, 0.15) is 17.8 Å². The number of amides is 1. The summed E-state index contributed by atoms with van der Waals surface area (Å²) in [7, 11) is 0. The minimum atomic E-state index is -0.260. The number of aryl methyl sites for hydroxylation is 2. The number of unbranched alkanes of at least 4 members (excludes halogenated alkanes) is 1. The number of amidine groups is 1. The summed E-state index contributed by atoms with van der Waals surface area (Å²) < 4.78 is 7.76. The highest BCUT2D eigenvalue weighted by atomic mass is 35.5. The zero-order chi connectivity index (χ0) is 29.3. The number of nitrogens with zero attached hydrogens (tertiary/aromatic N) is 2. The molecule has 1 saturated carbocycles. The van der Waals surface area contributed by atoms with E-state index in [4.69, 9.17) is 20.9 Å². The highest BCUT2D eigenvalue weighted by Crippen LogP contribution is 2.27. The second-order valence-corrected chi connectivity index (χ2v) is 11.0. The molecule has 3 aromatic carbocycles. The molecule has 0 unspecified atom stereocenters. The van der Waals surface area contributed by atoms with Crippen molar-refractivity contribution in [3.05, 3.63) is 89.5 Å². The van der Waals surface area contributed by atoms with Gasteiger partial charge in [0.05, 0.1) is 17.5 Å². The number of imidazole rings is 1. The van der Waals surface area contributed by atoms with Crippen molar-refractivity contribution >= 4 is 53.6 Å². The number of nitrogens with one attached hydrogen (secondary N) is 2. The minimum Gasteiger partial charge on any atom is -0.462 e. The number of carbonyl (C=O) groups excluding carboxylic acids is 2. The molecule has 4 N–H and O–H groups in total. The van der Waals surface area contributed by atoms with Crippen LogP contribution in [-0.4, -0.2) is 39.9 Å². The van der Waals surface area contributed by atoms with Crippen LogP contribution >= 0.6 is 24.8 Å². The number of ether oxygens (including phenoxy) is 1. The summed E-state index contributed by atoms with van der Waals surface area (Å²) in [5.41, 5.74) is 10.7. The predicted molar refractivity (Wildman–Crippen MR) is 180 cm³/mol. The van der Waals surface area contributed by atoms with Crippen molar-refractivity contribution in [3.8, 4) is 11.4 Å². The van der Waals surface area contributed by atoms with Crippen LogP contribution < -0.4 is 11.1 Å². The summed E-state index contributed by atoms with van der Waals surface area (Å²) in [6.07, 6.45) is 8.46. The molecule has 10 heteroatoms. The molecule has 0 saturated heterocycles. The van der Waals surface area contributed by atoms with Crippen LogP contribution in [0.15, 0.2) is 72.8 Å². The second-order valence-electron chi connectivity index (χ2n) is 11.0. The van der Waals surface area contributed by atoms with Crippen LogP contribution in [0.1, 0.15) is 72.9 Å². The molecule has 4 aromatic rings. The molecule has 1 heterocycles. The van der Waals surface area contributed by atoms with Crippen LogP contribution in [-0.2, 0) is 22.5 Å². The molecular formula is C34H41Cl2N5O3. The van der Waals surface area contributed by atoms with Crippen molar-refractivity contribution in [2.24, 2.45) is 5.73 Å². The van der Waals surface area contributed by atoms with E-state index >= 15 is 0 Å². The number of fused-ring (bicyclic) bond motifs is 1. The number of carbonyl (C=O) groups is 2. The molecular weight excluding hydrogens is 597 g/mol. The average molecular weight is 639 g/mol. The smallest absolute Gasteiger partial charge is 0.307 e. The Kier molecular flexibility index (Phi) is 13.2. The molecule has 1 aliphatic carbocycles. The lowest BCUT2D eigenvalue weighted by atomic mass is 9.98. The summed E-state index contributed by atoms with van der Waals surface area (Å²) >= 11 is 0. The number of nitrogens with two attached hydrogens (primary N) is 1. The maximum absolute atomic E-state index is 12.9. The number of rotatable bonds is 12. The topological polar surface area (TPSA) is 123 Å². The van der Waals surface area contributed by atoms with Gasteiger partial charge in [0.2, 0.25) is 0 Å². The Labute approximate surface area is 271 Å². The van der Waals surface area contributed by atoms with Crippen LogP contribution in [0.4, 0.5) is 0 Å². The maximum atomic E-state index is 12.9. The quantitative estimate of drug-likeness (QED) is 0.0678. The molecule has 0 bridgehead atoms. The van der Waals surface area contributed by atoms with E-state index in [0.29, 0.717) is 11.1 Å². The lowest BCUT2D eigenvalue weighted by Gasteiger charge is -2.21. The van der Waals surface area contributed by atoms with Crippen molar-refractivity contribution in [1.29, 1.82) is 5.41 Å². The van der Waals surface area contributed by atoms with Crippen molar-refractivity contribution in [2.75, 3.05) is 6.54 Å². The summed E-state index contributed by atoms with van der Waals surface area (Å²) in [5, 5.41) is 10.6. The first-order valence-corrected chi connectivity index (χ1v) is 14.9. The number of esters is 1. The molecule has 0 aliphatic heterocycles. The van der Waals surface area contributed by atoms with E-state index in [0.717, 1.165) is 73.9 Å². The Morgan fingerprint density at radius 2 is 1.64 bits per heavy atom. The molecule has 44 heavy (non-hydrogen) atoms. The Bertz CT molecular complexity index is 1530. The van der Waals surface area contributed by atoms with E-state index in [1.807, 2.05) is 42.5 Å². The summed E-state index contributed by atoms with van der Waals surface area (Å²) in [5.74, 6) is 0.327. The van der Waals surface area contributed by atoms with Crippen molar-refractivity contribution in [1.82, 2.24) is 14.9 Å². The van der Waals surface area contributed by atoms with Crippen LogP contribution in [0, 0.1) is 5.41 Å². The first kappa shape index (κ1) is 34.6. The number of halogens is 2. The third kappa shape index (κ3) is 9.07. The molecule has 1 fully saturated rings. The Balaban J connectivity index is 0.00000264. The highest BCUT2D eigenvalue weighted by Gasteiger charge is 2.19. The van der Waals surface area contributed by atoms with Gasteiger partial charge in [-0.15, -0.1) is 24.8 Å². The average Bonchev–Trinajstić information content (AvgIpc) is 3.38. The monoisotopic (exact) mass is 637 g/mol. The van der Waals surface area contributed by atoms with E-state index in [9.17, 15) is 9.59 Å². The fourth-order valence-electron chi connectivity index (χ4n) is 5.57. The van der Waals surface area contributed by atoms with E-state index in [1.54, 1.807) is 6.07 Å². The van der Waals surface area contributed by atoms with Gasteiger partial charge < -0.3 is 20.4 Å². The van der Waals surface area contributed by atoms with Crippen molar-refractivity contribution in [3.63, 3.8) is 0 Å². The highest BCUT2D eigenvalue weighted by molar-refractivity contribution is 5.98. The molecule has 8 nitrogen and oxygen atoms in total. The Hall–Kier alpha value is -3.88. The van der Waals surface area contributed by atoms with E-state index < -0.39 is 0 Å². The van der Waals surface area contributed by atoms with E-state index in [2.05, 4.69) is 34.1 Å². The molecule has 5 rings (SSSR count). The fraction of sp³-hybridized carbons (Fsp3) is 0.353. The van der Waals surface area contributed by atoms with Crippen LogP contribution in [0.3, 0.4) is 0 Å². The lowest BCUT2D eigenvalue weighted by molar-refractivity contribution is -0.150. The minimum absolute atomic E-state index is 0. The van der Waals surface area contributed by atoms with Gasteiger partial charge in [-0.3, -0.25) is 15.0 Å². The summed E-state index contributed by atoms with van der Waals surface area (Å²) in [6, 6.07) is 23.5. The number of nitrogen functional groups attached to an aromatic ring is 1.